The number of hydrogen-bond acceptors (Lipinski definition) is 2. The zero-order chi connectivity index (χ0) is 14.7. The summed E-state index contributed by atoms with van der Waals surface area (Å²) in [7, 11) is 1.85. The zero-order valence-corrected chi connectivity index (χ0v) is 12.5. The molecule has 1 atom stereocenters. The van der Waals surface area contributed by atoms with Gasteiger partial charge < -0.3 is 10.6 Å². The summed E-state index contributed by atoms with van der Waals surface area (Å²) in [6.07, 6.45) is 0. The summed E-state index contributed by atoms with van der Waals surface area (Å²) in [5.41, 5.74) is 7.42. The van der Waals surface area contributed by atoms with Crippen molar-refractivity contribution in [3.63, 3.8) is 0 Å². The molecule has 0 aromatic heterocycles. The van der Waals surface area contributed by atoms with Crippen LogP contribution in [0, 0.1) is 5.82 Å². The van der Waals surface area contributed by atoms with E-state index in [4.69, 9.17) is 28.9 Å². The molecule has 0 heterocycles. The predicted octanol–water partition coefficient (Wildman–Crippen LogP) is 4.27. The second-order valence-corrected chi connectivity index (χ2v) is 5.27. The van der Waals surface area contributed by atoms with Gasteiger partial charge in [0.1, 0.15) is 5.82 Å². The quantitative estimate of drug-likeness (QED) is 0.913. The van der Waals surface area contributed by atoms with Crippen LogP contribution in [0.1, 0.15) is 11.6 Å². The van der Waals surface area contributed by atoms with Crippen LogP contribution in [-0.2, 0) is 0 Å². The first kappa shape index (κ1) is 15.1. The molecule has 2 aromatic rings. The summed E-state index contributed by atoms with van der Waals surface area (Å²) in [5.74, 6) is -0.290. The maximum absolute atomic E-state index is 13.3. The molecule has 2 rings (SSSR count). The largest absolute Gasteiger partial charge is 0.366 e. The monoisotopic (exact) mass is 312 g/mol. The molecule has 0 aliphatic rings. The van der Waals surface area contributed by atoms with Crippen LogP contribution in [0.3, 0.4) is 0 Å². The van der Waals surface area contributed by atoms with Gasteiger partial charge in [0.05, 0.1) is 16.1 Å². The average Bonchev–Trinajstić information content (AvgIpc) is 2.44. The molecule has 2 aromatic carbocycles. The van der Waals surface area contributed by atoms with Crippen LogP contribution in [0.4, 0.5) is 10.1 Å². The number of anilines is 1. The van der Waals surface area contributed by atoms with Gasteiger partial charge in [-0.2, -0.15) is 0 Å². The fourth-order valence-corrected chi connectivity index (χ4v) is 2.58. The molecule has 0 radical (unpaired) electrons. The lowest BCUT2D eigenvalue weighted by Crippen LogP contribution is -2.30. The van der Waals surface area contributed by atoms with Crippen LogP contribution >= 0.6 is 23.2 Å². The first-order valence-corrected chi connectivity index (χ1v) is 6.92. The van der Waals surface area contributed by atoms with E-state index in [2.05, 4.69) is 0 Å². The number of nitrogens with zero attached hydrogens (tertiary/aromatic N) is 1. The Bertz CT molecular complexity index is 604. The predicted molar refractivity (Wildman–Crippen MR) is 83.1 cm³/mol. The minimum atomic E-state index is -0.290. The summed E-state index contributed by atoms with van der Waals surface area (Å²) >= 11 is 12.3. The van der Waals surface area contributed by atoms with Gasteiger partial charge in [-0.1, -0.05) is 41.4 Å². The van der Waals surface area contributed by atoms with E-state index in [9.17, 15) is 4.39 Å². The highest BCUT2D eigenvalue weighted by Gasteiger charge is 2.20. The lowest BCUT2D eigenvalue weighted by molar-refractivity contribution is 0.623. The Morgan fingerprint density at radius 1 is 1.20 bits per heavy atom. The van der Waals surface area contributed by atoms with Crippen LogP contribution in [0.15, 0.2) is 42.5 Å². The van der Waals surface area contributed by atoms with Crippen molar-refractivity contribution in [3.8, 4) is 0 Å². The minimum absolute atomic E-state index is 0.178. The Balaban J connectivity index is 2.39. The second kappa shape index (κ2) is 6.44. The van der Waals surface area contributed by atoms with Crippen molar-refractivity contribution < 1.29 is 4.39 Å². The number of halogens is 3. The third-order valence-corrected chi connectivity index (χ3v) is 4.08. The molecule has 0 fully saturated rings. The summed E-state index contributed by atoms with van der Waals surface area (Å²) in [6, 6.07) is 11.6. The van der Waals surface area contributed by atoms with E-state index in [0.717, 1.165) is 11.3 Å². The van der Waals surface area contributed by atoms with E-state index < -0.39 is 0 Å². The fourth-order valence-electron chi connectivity index (χ4n) is 2.15. The third kappa shape index (κ3) is 3.06. The van der Waals surface area contributed by atoms with Crippen molar-refractivity contribution in [1.82, 2.24) is 0 Å². The number of hydrogen-bond donors (Lipinski definition) is 1. The maximum atomic E-state index is 13.3. The van der Waals surface area contributed by atoms with E-state index in [0.29, 0.717) is 16.6 Å². The van der Waals surface area contributed by atoms with Crippen molar-refractivity contribution in [3.05, 3.63) is 63.9 Å². The molecule has 5 heteroatoms. The van der Waals surface area contributed by atoms with Gasteiger partial charge >= 0.3 is 0 Å². The summed E-state index contributed by atoms with van der Waals surface area (Å²) < 4.78 is 13.3. The second-order valence-electron chi connectivity index (χ2n) is 4.49. The van der Waals surface area contributed by atoms with E-state index in [1.807, 2.05) is 30.1 Å². The summed E-state index contributed by atoms with van der Waals surface area (Å²) in [6.45, 7) is 0.340. The maximum Gasteiger partial charge on any atom is 0.125 e. The molecule has 0 amide bonds. The number of nitrogens with two attached hydrogens (primary N) is 1. The van der Waals surface area contributed by atoms with Crippen LogP contribution in [0.2, 0.25) is 10.0 Å². The Labute approximate surface area is 127 Å². The molecular formula is C15H15Cl2FN2. The Morgan fingerprint density at radius 2 is 1.90 bits per heavy atom. The smallest absolute Gasteiger partial charge is 0.125 e. The van der Waals surface area contributed by atoms with Crippen LogP contribution in [0.25, 0.3) is 0 Å². The lowest BCUT2D eigenvalue weighted by atomic mass is 10.0. The molecular weight excluding hydrogens is 298 g/mol. The molecule has 0 saturated carbocycles. The van der Waals surface area contributed by atoms with Gasteiger partial charge in [-0.25, -0.2) is 4.39 Å². The highest BCUT2D eigenvalue weighted by Crippen LogP contribution is 2.33. The molecule has 106 valence electrons. The fraction of sp³-hybridized carbons (Fsp3) is 0.200. The van der Waals surface area contributed by atoms with Gasteiger partial charge in [0, 0.05) is 19.3 Å². The molecule has 0 aliphatic carbocycles. The molecule has 0 spiro atoms. The average molecular weight is 313 g/mol. The lowest BCUT2D eigenvalue weighted by Gasteiger charge is -2.30. The minimum Gasteiger partial charge on any atom is -0.366 e. The number of rotatable bonds is 4. The van der Waals surface area contributed by atoms with E-state index >= 15 is 0 Å². The molecule has 0 bridgehead atoms. The third-order valence-electron chi connectivity index (χ3n) is 3.25. The van der Waals surface area contributed by atoms with Crippen molar-refractivity contribution in [2.75, 3.05) is 18.5 Å². The van der Waals surface area contributed by atoms with E-state index in [1.165, 1.54) is 12.1 Å². The van der Waals surface area contributed by atoms with Gasteiger partial charge in [-0.15, -0.1) is 0 Å². The van der Waals surface area contributed by atoms with Crippen molar-refractivity contribution in [2.24, 2.45) is 5.73 Å². The normalized spacial score (nSPS) is 12.2. The van der Waals surface area contributed by atoms with Crippen molar-refractivity contribution >= 4 is 28.9 Å². The van der Waals surface area contributed by atoms with Gasteiger partial charge in [-0.05, 0) is 29.8 Å². The topological polar surface area (TPSA) is 29.3 Å². The van der Waals surface area contributed by atoms with E-state index in [1.54, 1.807) is 12.1 Å². The number of likely N-dealkylation sites (N-methyl/N-ethyl adjacent to an activating group) is 1. The van der Waals surface area contributed by atoms with Crippen LogP contribution in [0.5, 0.6) is 0 Å². The first-order chi connectivity index (χ1) is 9.54. The summed E-state index contributed by atoms with van der Waals surface area (Å²) in [4.78, 5) is 1.89. The Kier molecular flexibility index (Phi) is 4.86. The van der Waals surface area contributed by atoms with Gasteiger partial charge in [0.15, 0.2) is 0 Å². The highest BCUT2D eigenvalue weighted by atomic mass is 35.5. The first-order valence-electron chi connectivity index (χ1n) is 6.17. The van der Waals surface area contributed by atoms with Gasteiger partial charge in [0.25, 0.3) is 0 Å². The molecule has 2 nitrogen and oxygen atoms in total. The zero-order valence-electron chi connectivity index (χ0n) is 11.0. The molecule has 1 unspecified atom stereocenters. The molecule has 2 N–H and O–H groups in total. The van der Waals surface area contributed by atoms with Gasteiger partial charge in [-0.3, -0.25) is 0 Å². The number of benzene rings is 2. The summed E-state index contributed by atoms with van der Waals surface area (Å²) in [5, 5.41) is 0.961. The van der Waals surface area contributed by atoms with Crippen LogP contribution in [-0.4, -0.2) is 13.6 Å². The van der Waals surface area contributed by atoms with Crippen LogP contribution < -0.4 is 10.6 Å². The van der Waals surface area contributed by atoms with E-state index in [-0.39, 0.29) is 11.9 Å². The standard InChI is InChI=1S/C15H15Cl2FN2/c1-20(11-5-2-4-10(18)8-11)14(9-19)12-6-3-7-13(16)15(12)17/h2-8,14H,9,19H2,1H3. The van der Waals surface area contributed by atoms with Crippen molar-refractivity contribution in [1.29, 1.82) is 0 Å². The van der Waals surface area contributed by atoms with Gasteiger partial charge in [0.2, 0.25) is 0 Å². The van der Waals surface area contributed by atoms with Crippen molar-refractivity contribution in [2.45, 2.75) is 6.04 Å². The molecule has 20 heavy (non-hydrogen) atoms. The highest BCUT2D eigenvalue weighted by molar-refractivity contribution is 6.42. The molecule has 0 aliphatic heterocycles. The SMILES string of the molecule is CN(c1cccc(F)c1)C(CN)c1cccc(Cl)c1Cl. The Morgan fingerprint density at radius 3 is 2.55 bits per heavy atom. The molecule has 0 saturated heterocycles. The Hall–Kier alpha value is -1.29.